The van der Waals surface area contributed by atoms with Gasteiger partial charge in [-0.15, -0.1) is 10.2 Å². The minimum Gasteiger partial charge on any atom is -0.324 e. The van der Waals surface area contributed by atoms with Crippen molar-refractivity contribution in [3.05, 3.63) is 60.2 Å². The number of nitrogens with zero attached hydrogens (tertiary/aromatic N) is 5. The number of para-hydroxylation sites is 1. The van der Waals surface area contributed by atoms with Gasteiger partial charge in [0.1, 0.15) is 5.52 Å². The van der Waals surface area contributed by atoms with Crippen molar-refractivity contribution in [2.45, 2.75) is 20.4 Å². The molecule has 4 rings (SSSR count). The molecular formula is C19H18N6. The van der Waals surface area contributed by atoms with Crippen molar-refractivity contribution in [1.29, 1.82) is 0 Å². The summed E-state index contributed by atoms with van der Waals surface area (Å²) >= 11 is 0. The van der Waals surface area contributed by atoms with Crippen molar-refractivity contribution in [2.24, 2.45) is 5.10 Å². The highest BCUT2D eigenvalue weighted by Crippen LogP contribution is 2.26. The third kappa shape index (κ3) is 2.71. The number of aryl methyl sites for hydroxylation is 1. The van der Waals surface area contributed by atoms with Crippen LogP contribution in [0.1, 0.15) is 19.4 Å². The Bertz CT molecular complexity index is 1070. The van der Waals surface area contributed by atoms with Crippen molar-refractivity contribution in [3.8, 4) is 0 Å². The van der Waals surface area contributed by atoms with E-state index in [1.165, 1.54) is 0 Å². The fourth-order valence-corrected chi connectivity index (χ4v) is 2.95. The summed E-state index contributed by atoms with van der Waals surface area (Å²) in [5.41, 5.74) is 7.57. The van der Waals surface area contributed by atoms with Gasteiger partial charge in [-0.2, -0.15) is 10.1 Å². The van der Waals surface area contributed by atoms with Crippen LogP contribution < -0.4 is 5.43 Å². The number of hydrazone groups is 1. The van der Waals surface area contributed by atoms with E-state index in [1.807, 2.05) is 55.5 Å². The largest absolute Gasteiger partial charge is 0.324 e. The second-order valence-corrected chi connectivity index (χ2v) is 5.74. The van der Waals surface area contributed by atoms with E-state index in [0.29, 0.717) is 5.95 Å². The molecule has 0 saturated heterocycles. The zero-order chi connectivity index (χ0) is 17.2. The van der Waals surface area contributed by atoms with Gasteiger partial charge in [-0.05, 0) is 25.5 Å². The van der Waals surface area contributed by atoms with E-state index < -0.39 is 0 Å². The van der Waals surface area contributed by atoms with Gasteiger partial charge in [0.25, 0.3) is 5.95 Å². The quantitative estimate of drug-likeness (QED) is 0.456. The monoisotopic (exact) mass is 330 g/mol. The van der Waals surface area contributed by atoms with Crippen LogP contribution in [0.25, 0.3) is 22.1 Å². The lowest BCUT2D eigenvalue weighted by Crippen LogP contribution is -2.04. The van der Waals surface area contributed by atoms with Crippen molar-refractivity contribution >= 4 is 33.7 Å². The molecule has 0 bridgehead atoms. The average Bonchev–Trinajstić information content (AvgIpc) is 2.99. The predicted molar refractivity (Wildman–Crippen MR) is 101 cm³/mol. The maximum absolute atomic E-state index is 4.62. The van der Waals surface area contributed by atoms with Crippen LogP contribution in [0.5, 0.6) is 0 Å². The summed E-state index contributed by atoms with van der Waals surface area (Å²) in [6, 6.07) is 18.1. The molecule has 124 valence electrons. The average molecular weight is 330 g/mol. The van der Waals surface area contributed by atoms with E-state index in [-0.39, 0.29) is 0 Å². The normalized spacial score (nSPS) is 12.0. The highest BCUT2D eigenvalue weighted by atomic mass is 15.4. The van der Waals surface area contributed by atoms with Crippen LogP contribution in [0.2, 0.25) is 0 Å². The summed E-state index contributed by atoms with van der Waals surface area (Å²) in [4.78, 5) is 4.62. The van der Waals surface area contributed by atoms with Crippen LogP contribution in [0.15, 0.2) is 59.7 Å². The minimum absolute atomic E-state index is 0.389. The fourth-order valence-electron chi connectivity index (χ4n) is 2.95. The Morgan fingerprint density at radius 1 is 1.04 bits per heavy atom. The van der Waals surface area contributed by atoms with E-state index in [4.69, 9.17) is 0 Å². The highest BCUT2D eigenvalue weighted by molar-refractivity contribution is 6.04. The number of hydrogen-bond donors (Lipinski definition) is 1. The van der Waals surface area contributed by atoms with Gasteiger partial charge in [-0.1, -0.05) is 48.5 Å². The first-order valence-corrected chi connectivity index (χ1v) is 8.25. The van der Waals surface area contributed by atoms with Gasteiger partial charge in [-0.3, -0.25) is 0 Å². The molecule has 0 unspecified atom stereocenters. The standard InChI is InChI=1S/C19H18N6/c1-3-25-16-12-8-7-11-15(16)17-18(25)20-19(24-22-17)23-21-13(2)14-9-5-4-6-10-14/h4-12H,3H2,1-2H3,(H,20,23,24)/b21-13-. The lowest BCUT2D eigenvalue weighted by Gasteiger charge is -2.04. The Labute approximate surface area is 145 Å². The Morgan fingerprint density at radius 3 is 2.60 bits per heavy atom. The van der Waals surface area contributed by atoms with E-state index in [2.05, 4.69) is 43.3 Å². The molecule has 0 saturated carbocycles. The van der Waals surface area contributed by atoms with E-state index >= 15 is 0 Å². The maximum atomic E-state index is 4.62. The number of rotatable bonds is 4. The third-order valence-corrected chi connectivity index (χ3v) is 4.21. The van der Waals surface area contributed by atoms with Crippen molar-refractivity contribution in [1.82, 2.24) is 19.7 Å². The first-order chi connectivity index (χ1) is 12.3. The van der Waals surface area contributed by atoms with Crippen LogP contribution in [0, 0.1) is 0 Å². The molecule has 0 fully saturated rings. The molecule has 0 aliphatic heterocycles. The molecule has 0 amide bonds. The number of aromatic nitrogens is 4. The molecule has 0 aliphatic carbocycles. The van der Waals surface area contributed by atoms with Gasteiger partial charge in [0, 0.05) is 11.9 Å². The topological polar surface area (TPSA) is 68.0 Å². The summed E-state index contributed by atoms with van der Waals surface area (Å²) in [7, 11) is 0. The molecule has 1 N–H and O–H groups in total. The predicted octanol–water partition coefficient (Wildman–Crippen LogP) is 3.84. The molecular weight excluding hydrogens is 312 g/mol. The number of fused-ring (bicyclic) bond motifs is 3. The third-order valence-electron chi connectivity index (χ3n) is 4.21. The number of benzene rings is 2. The number of anilines is 1. The van der Waals surface area contributed by atoms with Crippen LogP contribution in [-0.4, -0.2) is 25.5 Å². The molecule has 6 nitrogen and oxygen atoms in total. The van der Waals surface area contributed by atoms with Crippen LogP contribution in [0.4, 0.5) is 5.95 Å². The fraction of sp³-hybridized carbons (Fsp3) is 0.158. The number of nitrogens with one attached hydrogen (secondary N) is 1. The summed E-state index contributed by atoms with van der Waals surface area (Å²) in [5.74, 6) is 0.389. The lowest BCUT2D eigenvalue weighted by atomic mass is 10.1. The van der Waals surface area contributed by atoms with Gasteiger partial charge in [0.2, 0.25) is 0 Å². The Morgan fingerprint density at radius 2 is 1.80 bits per heavy atom. The van der Waals surface area contributed by atoms with E-state index in [0.717, 1.165) is 39.9 Å². The second kappa shape index (κ2) is 6.32. The molecule has 0 aliphatic rings. The lowest BCUT2D eigenvalue weighted by molar-refractivity contribution is 0.811. The van der Waals surface area contributed by atoms with Gasteiger partial charge in [0.05, 0.1) is 11.2 Å². The molecule has 2 aromatic carbocycles. The number of hydrogen-bond acceptors (Lipinski definition) is 5. The van der Waals surface area contributed by atoms with Crippen LogP contribution >= 0.6 is 0 Å². The van der Waals surface area contributed by atoms with Crippen molar-refractivity contribution in [3.63, 3.8) is 0 Å². The SMILES string of the molecule is CCn1c2ccccc2c2nnc(N/N=C(/C)c3ccccc3)nc21. The van der Waals surface area contributed by atoms with Gasteiger partial charge in [0.15, 0.2) is 5.65 Å². The minimum atomic E-state index is 0.389. The van der Waals surface area contributed by atoms with E-state index in [9.17, 15) is 0 Å². The summed E-state index contributed by atoms with van der Waals surface area (Å²) in [5, 5.41) is 14.0. The zero-order valence-corrected chi connectivity index (χ0v) is 14.1. The van der Waals surface area contributed by atoms with Crippen molar-refractivity contribution < 1.29 is 0 Å². The van der Waals surface area contributed by atoms with Gasteiger partial charge >= 0.3 is 0 Å². The van der Waals surface area contributed by atoms with Crippen molar-refractivity contribution in [2.75, 3.05) is 5.43 Å². The summed E-state index contributed by atoms with van der Waals surface area (Å²) in [6.07, 6.45) is 0. The molecule has 4 aromatic rings. The summed E-state index contributed by atoms with van der Waals surface area (Å²) in [6.45, 7) is 4.85. The zero-order valence-electron chi connectivity index (χ0n) is 14.1. The Balaban J connectivity index is 1.73. The molecule has 25 heavy (non-hydrogen) atoms. The van der Waals surface area contributed by atoms with Gasteiger partial charge < -0.3 is 4.57 Å². The summed E-state index contributed by atoms with van der Waals surface area (Å²) < 4.78 is 2.14. The first kappa shape index (κ1) is 15.3. The molecule has 0 atom stereocenters. The molecule has 2 aromatic heterocycles. The first-order valence-electron chi connectivity index (χ1n) is 8.25. The van der Waals surface area contributed by atoms with E-state index in [1.54, 1.807) is 0 Å². The highest BCUT2D eigenvalue weighted by Gasteiger charge is 2.13. The van der Waals surface area contributed by atoms with Crippen LogP contribution in [0.3, 0.4) is 0 Å². The molecule has 0 radical (unpaired) electrons. The molecule has 0 spiro atoms. The molecule has 2 heterocycles. The Hall–Kier alpha value is -3.28. The van der Waals surface area contributed by atoms with Crippen LogP contribution in [-0.2, 0) is 6.54 Å². The molecule has 6 heteroatoms. The van der Waals surface area contributed by atoms with Gasteiger partial charge in [-0.25, -0.2) is 5.43 Å². The maximum Gasteiger partial charge on any atom is 0.265 e. The smallest absolute Gasteiger partial charge is 0.265 e. The Kier molecular flexibility index (Phi) is 3.85. The second-order valence-electron chi connectivity index (χ2n) is 5.74.